The fourth-order valence-electron chi connectivity index (χ4n) is 1.47. The van der Waals surface area contributed by atoms with Gasteiger partial charge in [-0.15, -0.1) is 0 Å². The first-order valence-corrected chi connectivity index (χ1v) is 4.14. The van der Waals surface area contributed by atoms with Crippen LogP contribution in [0.3, 0.4) is 0 Å². The molecule has 1 aliphatic rings. The molecule has 0 aromatic rings. The number of piperidine rings is 1. The molecule has 1 N–H and O–H groups in total. The van der Waals surface area contributed by atoms with E-state index in [1.54, 1.807) is 7.05 Å². The Balaban J connectivity index is 2.33. The lowest BCUT2D eigenvalue weighted by Crippen LogP contribution is -2.37. The molecule has 1 amide bonds. The van der Waals surface area contributed by atoms with Gasteiger partial charge in [0.25, 0.3) is 0 Å². The Hall–Kier alpha value is -0.570. The SMILES string of the molecule is CNC(=O)C1CCN(C)CC1. The van der Waals surface area contributed by atoms with Gasteiger partial charge in [-0.05, 0) is 33.0 Å². The minimum atomic E-state index is 0.207. The Morgan fingerprint density at radius 1 is 1.45 bits per heavy atom. The molecule has 0 saturated carbocycles. The standard InChI is InChI=1S/C8H16N2O/c1-9-8(11)7-3-5-10(2)6-4-7/h7H,3-6H2,1-2H3,(H,9,11). The van der Waals surface area contributed by atoms with Crippen LogP contribution in [0.4, 0.5) is 0 Å². The second-order valence-electron chi connectivity index (χ2n) is 3.19. The van der Waals surface area contributed by atoms with Crippen molar-refractivity contribution >= 4 is 5.91 Å². The van der Waals surface area contributed by atoms with E-state index in [0.717, 1.165) is 25.9 Å². The summed E-state index contributed by atoms with van der Waals surface area (Å²) in [6.07, 6.45) is 2.02. The van der Waals surface area contributed by atoms with Gasteiger partial charge in [0.15, 0.2) is 0 Å². The lowest BCUT2D eigenvalue weighted by atomic mass is 9.96. The van der Waals surface area contributed by atoms with Gasteiger partial charge in [-0.3, -0.25) is 4.79 Å². The average molecular weight is 156 g/mol. The molecule has 0 bridgehead atoms. The number of nitrogens with one attached hydrogen (secondary N) is 1. The summed E-state index contributed by atoms with van der Waals surface area (Å²) in [6.45, 7) is 2.11. The summed E-state index contributed by atoms with van der Waals surface area (Å²) in [5.74, 6) is 0.467. The van der Waals surface area contributed by atoms with Gasteiger partial charge < -0.3 is 10.2 Å². The van der Waals surface area contributed by atoms with Crippen LogP contribution in [0.5, 0.6) is 0 Å². The van der Waals surface area contributed by atoms with Crippen molar-refractivity contribution in [2.45, 2.75) is 12.8 Å². The van der Waals surface area contributed by atoms with E-state index in [1.165, 1.54) is 0 Å². The summed E-state index contributed by atoms with van der Waals surface area (Å²) < 4.78 is 0. The van der Waals surface area contributed by atoms with Gasteiger partial charge in [0.2, 0.25) is 5.91 Å². The second-order valence-corrected chi connectivity index (χ2v) is 3.19. The Morgan fingerprint density at radius 3 is 2.45 bits per heavy atom. The van der Waals surface area contributed by atoms with Crippen molar-refractivity contribution in [3.8, 4) is 0 Å². The Labute approximate surface area is 67.8 Å². The first-order valence-electron chi connectivity index (χ1n) is 4.14. The van der Waals surface area contributed by atoms with E-state index in [-0.39, 0.29) is 11.8 Å². The lowest BCUT2D eigenvalue weighted by Gasteiger charge is -2.27. The van der Waals surface area contributed by atoms with Gasteiger partial charge in [0.1, 0.15) is 0 Å². The molecular weight excluding hydrogens is 140 g/mol. The normalized spacial score (nSPS) is 21.6. The molecule has 0 aromatic carbocycles. The molecule has 0 unspecified atom stereocenters. The molecule has 0 atom stereocenters. The molecular formula is C8H16N2O. The summed E-state index contributed by atoms with van der Waals surface area (Å²) >= 11 is 0. The van der Waals surface area contributed by atoms with Crippen LogP contribution in [0.25, 0.3) is 0 Å². The molecule has 0 spiro atoms. The van der Waals surface area contributed by atoms with Crippen molar-refractivity contribution < 1.29 is 4.79 Å². The van der Waals surface area contributed by atoms with Gasteiger partial charge in [-0.1, -0.05) is 0 Å². The molecule has 1 heterocycles. The Bertz CT molecular complexity index is 139. The highest BCUT2D eigenvalue weighted by molar-refractivity contribution is 5.78. The predicted octanol–water partition coefficient (Wildman–Crippen LogP) is 0.0742. The lowest BCUT2D eigenvalue weighted by molar-refractivity contribution is -0.125. The van der Waals surface area contributed by atoms with Crippen LogP contribution in [0.1, 0.15) is 12.8 Å². The van der Waals surface area contributed by atoms with Crippen molar-refractivity contribution in [1.29, 1.82) is 0 Å². The first-order chi connectivity index (χ1) is 5.24. The van der Waals surface area contributed by atoms with Crippen molar-refractivity contribution in [2.75, 3.05) is 27.2 Å². The molecule has 3 heteroatoms. The van der Waals surface area contributed by atoms with Gasteiger partial charge in [0.05, 0.1) is 0 Å². The minimum Gasteiger partial charge on any atom is -0.359 e. The molecule has 64 valence electrons. The fraction of sp³-hybridized carbons (Fsp3) is 0.875. The zero-order valence-electron chi connectivity index (χ0n) is 7.26. The molecule has 1 fully saturated rings. The highest BCUT2D eigenvalue weighted by atomic mass is 16.1. The topological polar surface area (TPSA) is 32.3 Å². The van der Waals surface area contributed by atoms with Crippen LogP contribution < -0.4 is 5.32 Å². The van der Waals surface area contributed by atoms with Crippen LogP contribution in [0.15, 0.2) is 0 Å². The quantitative estimate of drug-likeness (QED) is 0.583. The van der Waals surface area contributed by atoms with Crippen LogP contribution in [0, 0.1) is 5.92 Å². The number of hydrogen-bond acceptors (Lipinski definition) is 2. The van der Waals surface area contributed by atoms with Gasteiger partial charge in [-0.25, -0.2) is 0 Å². The van der Waals surface area contributed by atoms with E-state index in [4.69, 9.17) is 0 Å². The molecule has 0 aromatic heterocycles. The molecule has 1 aliphatic heterocycles. The first kappa shape index (κ1) is 8.53. The van der Waals surface area contributed by atoms with Gasteiger partial charge in [-0.2, -0.15) is 0 Å². The van der Waals surface area contributed by atoms with Crippen LogP contribution >= 0.6 is 0 Å². The number of carbonyl (C=O) groups is 1. The maximum absolute atomic E-state index is 11.1. The fourth-order valence-corrected chi connectivity index (χ4v) is 1.47. The van der Waals surface area contributed by atoms with Gasteiger partial charge >= 0.3 is 0 Å². The molecule has 0 radical (unpaired) electrons. The zero-order valence-corrected chi connectivity index (χ0v) is 7.26. The molecule has 1 rings (SSSR count). The Kier molecular flexibility index (Phi) is 2.88. The van der Waals surface area contributed by atoms with E-state index < -0.39 is 0 Å². The minimum absolute atomic E-state index is 0.207. The third kappa shape index (κ3) is 2.19. The van der Waals surface area contributed by atoms with Crippen LogP contribution in [-0.4, -0.2) is 38.0 Å². The molecule has 3 nitrogen and oxygen atoms in total. The van der Waals surface area contributed by atoms with Crippen LogP contribution in [-0.2, 0) is 4.79 Å². The molecule has 1 saturated heterocycles. The predicted molar refractivity (Wildman–Crippen MR) is 44.3 cm³/mol. The number of likely N-dealkylation sites (tertiary alicyclic amines) is 1. The third-order valence-corrected chi connectivity index (χ3v) is 2.34. The summed E-state index contributed by atoms with van der Waals surface area (Å²) in [4.78, 5) is 13.4. The average Bonchev–Trinajstić information content (AvgIpc) is 2.05. The van der Waals surface area contributed by atoms with Crippen molar-refractivity contribution in [1.82, 2.24) is 10.2 Å². The maximum atomic E-state index is 11.1. The monoisotopic (exact) mass is 156 g/mol. The third-order valence-electron chi connectivity index (χ3n) is 2.34. The maximum Gasteiger partial charge on any atom is 0.222 e. The summed E-state index contributed by atoms with van der Waals surface area (Å²) in [6, 6.07) is 0. The number of rotatable bonds is 1. The Morgan fingerprint density at radius 2 is 2.00 bits per heavy atom. The second kappa shape index (κ2) is 3.72. The smallest absolute Gasteiger partial charge is 0.222 e. The van der Waals surface area contributed by atoms with Crippen molar-refractivity contribution in [3.63, 3.8) is 0 Å². The highest BCUT2D eigenvalue weighted by Gasteiger charge is 2.21. The zero-order chi connectivity index (χ0) is 8.27. The van der Waals surface area contributed by atoms with Gasteiger partial charge in [0, 0.05) is 13.0 Å². The summed E-state index contributed by atoms with van der Waals surface area (Å²) in [7, 11) is 3.81. The van der Waals surface area contributed by atoms with E-state index in [2.05, 4.69) is 17.3 Å². The number of nitrogens with zero attached hydrogens (tertiary/aromatic N) is 1. The van der Waals surface area contributed by atoms with Crippen molar-refractivity contribution in [2.24, 2.45) is 5.92 Å². The van der Waals surface area contributed by atoms with E-state index in [0.29, 0.717) is 0 Å². The van der Waals surface area contributed by atoms with E-state index >= 15 is 0 Å². The van der Waals surface area contributed by atoms with E-state index in [9.17, 15) is 4.79 Å². The number of hydrogen-bond donors (Lipinski definition) is 1. The molecule has 11 heavy (non-hydrogen) atoms. The highest BCUT2D eigenvalue weighted by Crippen LogP contribution is 2.15. The largest absolute Gasteiger partial charge is 0.359 e. The number of amides is 1. The van der Waals surface area contributed by atoms with E-state index in [1.807, 2.05) is 0 Å². The van der Waals surface area contributed by atoms with Crippen LogP contribution in [0.2, 0.25) is 0 Å². The molecule has 0 aliphatic carbocycles. The number of carbonyl (C=O) groups excluding carboxylic acids is 1. The summed E-state index contributed by atoms with van der Waals surface area (Å²) in [5.41, 5.74) is 0. The summed E-state index contributed by atoms with van der Waals surface area (Å²) in [5, 5.41) is 2.69. The van der Waals surface area contributed by atoms with Crippen molar-refractivity contribution in [3.05, 3.63) is 0 Å².